The van der Waals surface area contributed by atoms with E-state index in [0.29, 0.717) is 13.1 Å². The van der Waals surface area contributed by atoms with E-state index in [1.165, 1.54) is 0 Å². The standard InChI is InChI=1S/C20H31N3O3/c1-6-17-9-7-8-10-18(17)21-19(24)13-22(5)16(4)20(25)23-11-14(2)26-15(3)12-23/h7-10,14-16H,6,11-13H2,1-5H3,(H,21,24). The maximum atomic E-state index is 12.8. The van der Waals surface area contributed by atoms with Crippen molar-refractivity contribution in [3.63, 3.8) is 0 Å². The highest BCUT2D eigenvalue weighted by molar-refractivity contribution is 5.93. The largest absolute Gasteiger partial charge is 0.372 e. The van der Waals surface area contributed by atoms with Crippen molar-refractivity contribution in [1.29, 1.82) is 0 Å². The zero-order chi connectivity index (χ0) is 19.3. The summed E-state index contributed by atoms with van der Waals surface area (Å²) < 4.78 is 5.69. The van der Waals surface area contributed by atoms with Crippen LogP contribution in [0.2, 0.25) is 0 Å². The summed E-state index contributed by atoms with van der Waals surface area (Å²) in [6.07, 6.45) is 0.928. The van der Waals surface area contributed by atoms with Crippen LogP contribution < -0.4 is 5.32 Å². The Morgan fingerprint density at radius 3 is 2.50 bits per heavy atom. The van der Waals surface area contributed by atoms with Gasteiger partial charge in [-0.05, 0) is 45.9 Å². The minimum Gasteiger partial charge on any atom is -0.372 e. The van der Waals surface area contributed by atoms with Gasteiger partial charge in [0.05, 0.1) is 24.8 Å². The maximum Gasteiger partial charge on any atom is 0.239 e. The van der Waals surface area contributed by atoms with E-state index in [1.807, 2.05) is 49.9 Å². The molecule has 6 heteroatoms. The van der Waals surface area contributed by atoms with Gasteiger partial charge in [0.15, 0.2) is 0 Å². The number of nitrogens with one attached hydrogen (secondary N) is 1. The van der Waals surface area contributed by atoms with E-state index in [2.05, 4.69) is 12.2 Å². The highest BCUT2D eigenvalue weighted by atomic mass is 16.5. The zero-order valence-corrected chi connectivity index (χ0v) is 16.5. The maximum absolute atomic E-state index is 12.8. The first-order chi connectivity index (χ1) is 12.3. The van der Waals surface area contributed by atoms with Gasteiger partial charge >= 0.3 is 0 Å². The first-order valence-electron chi connectivity index (χ1n) is 9.34. The lowest BCUT2D eigenvalue weighted by Crippen LogP contribution is -2.54. The number of carbonyl (C=O) groups is 2. The molecule has 2 amide bonds. The van der Waals surface area contributed by atoms with E-state index in [9.17, 15) is 9.59 Å². The summed E-state index contributed by atoms with van der Waals surface area (Å²) in [5.41, 5.74) is 1.94. The average molecular weight is 361 g/mol. The molecule has 3 unspecified atom stereocenters. The van der Waals surface area contributed by atoms with Gasteiger partial charge in [-0.15, -0.1) is 0 Å². The molecule has 0 aliphatic carbocycles. The van der Waals surface area contributed by atoms with Crippen molar-refractivity contribution in [3.8, 4) is 0 Å². The fourth-order valence-corrected chi connectivity index (χ4v) is 3.31. The van der Waals surface area contributed by atoms with Crippen LogP contribution in [0.4, 0.5) is 5.69 Å². The van der Waals surface area contributed by atoms with Crippen LogP contribution in [0.15, 0.2) is 24.3 Å². The smallest absolute Gasteiger partial charge is 0.239 e. The summed E-state index contributed by atoms with van der Waals surface area (Å²) in [5.74, 6) is -0.0759. The highest BCUT2D eigenvalue weighted by Crippen LogP contribution is 2.16. The number of hydrogen-bond acceptors (Lipinski definition) is 4. The Morgan fingerprint density at radius 2 is 1.88 bits per heavy atom. The molecule has 1 heterocycles. The molecule has 3 atom stereocenters. The molecule has 1 saturated heterocycles. The van der Waals surface area contributed by atoms with Gasteiger partial charge in [0.2, 0.25) is 11.8 Å². The topological polar surface area (TPSA) is 61.9 Å². The van der Waals surface area contributed by atoms with Crippen LogP contribution in [0.1, 0.15) is 33.3 Å². The molecule has 1 aromatic rings. The van der Waals surface area contributed by atoms with Crippen molar-refractivity contribution in [1.82, 2.24) is 9.80 Å². The number of amides is 2. The lowest BCUT2D eigenvalue weighted by atomic mass is 10.1. The third-order valence-corrected chi connectivity index (χ3v) is 4.82. The second kappa shape index (κ2) is 9.14. The van der Waals surface area contributed by atoms with Gasteiger partial charge in [-0.2, -0.15) is 0 Å². The molecule has 144 valence electrons. The molecular weight excluding hydrogens is 330 g/mol. The molecule has 6 nitrogen and oxygen atoms in total. The summed E-state index contributed by atoms with van der Waals surface area (Å²) >= 11 is 0. The quantitative estimate of drug-likeness (QED) is 0.843. The number of aryl methyl sites for hydroxylation is 1. The average Bonchev–Trinajstić information content (AvgIpc) is 2.59. The summed E-state index contributed by atoms with van der Waals surface area (Å²) in [6.45, 7) is 9.21. The normalized spacial score (nSPS) is 21.5. The third kappa shape index (κ3) is 5.29. The highest BCUT2D eigenvalue weighted by Gasteiger charge is 2.30. The summed E-state index contributed by atoms with van der Waals surface area (Å²) in [7, 11) is 1.81. The zero-order valence-electron chi connectivity index (χ0n) is 16.5. The Kier molecular flexibility index (Phi) is 7.17. The minimum atomic E-state index is -0.361. The van der Waals surface area contributed by atoms with Gasteiger partial charge in [-0.1, -0.05) is 25.1 Å². The van der Waals surface area contributed by atoms with Crippen LogP contribution in [0.3, 0.4) is 0 Å². The number of carbonyl (C=O) groups excluding carboxylic acids is 2. The number of ether oxygens (including phenoxy) is 1. The Hall–Kier alpha value is -1.92. The van der Waals surface area contributed by atoms with E-state index in [0.717, 1.165) is 17.7 Å². The molecule has 1 N–H and O–H groups in total. The monoisotopic (exact) mass is 361 g/mol. The van der Waals surface area contributed by atoms with Crippen molar-refractivity contribution < 1.29 is 14.3 Å². The molecule has 0 aromatic heterocycles. The van der Waals surface area contributed by atoms with Crippen molar-refractivity contribution in [3.05, 3.63) is 29.8 Å². The van der Waals surface area contributed by atoms with Crippen LogP contribution in [-0.2, 0) is 20.7 Å². The Labute approximate surface area is 156 Å². The van der Waals surface area contributed by atoms with Crippen LogP contribution in [0, 0.1) is 0 Å². The molecule has 1 fully saturated rings. The molecule has 1 aliphatic heterocycles. The number of anilines is 1. The molecule has 0 bridgehead atoms. The predicted molar refractivity (Wildman–Crippen MR) is 103 cm³/mol. The third-order valence-electron chi connectivity index (χ3n) is 4.82. The predicted octanol–water partition coefficient (Wildman–Crippen LogP) is 2.14. The van der Waals surface area contributed by atoms with Crippen molar-refractivity contribution in [2.24, 2.45) is 0 Å². The molecule has 26 heavy (non-hydrogen) atoms. The van der Waals surface area contributed by atoms with Gasteiger partial charge in [0, 0.05) is 18.8 Å². The second-order valence-corrected chi connectivity index (χ2v) is 7.15. The molecule has 0 radical (unpaired) electrons. The Balaban J connectivity index is 1.92. The fourth-order valence-electron chi connectivity index (χ4n) is 3.31. The van der Waals surface area contributed by atoms with Crippen LogP contribution in [0.5, 0.6) is 0 Å². The number of rotatable bonds is 6. The van der Waals surface area contributed by atoms with Gasteiger partial charge in [0.25, 0.3) is 0 Å². The summed E-state index contributed by atoms with van der Waals surface area (Å²) in [5, 5.41) is 2.95. The Bertz CT molecular complexity index is 624. The molecule has 0 saturated carbocycles. The lowest BCUT2D eigenvalue weighted by Gasteiger charge is -2.38. The van der Waals surface area contributed by atoms with E-state index < -0.39 is 0 Å². The summed E-state index contributed by atoms with van der Waals surface area (Å²) in [6, 6.07) is 7.42. The molecular formula is C20H31N3O3. The molecule has 1 aromatic carbocycles. The first-order valence-corrected chi connectivity index (χ1v) is 9.34. The van der Waals surface area contributed by atoms with E-state index in [-0.39, 0.29) is 36.6 Å². The van der Waals surface area contributed by atoms with Crippen molar-refractivity contribution >= 4 is 17.5 Å². The summed E-state index contributed by atoms with van der Waals surface area (Å²) in [4.78, 5) is 28.8. The lowest BCUT2D eigenvalue weighted by molar-refractivity contribution is -0.148. The SMILES string of the molecule is CCc1ccccc1NC(=O)CN(C)C(C)C(=O)N1CC(C)OC(C)C1. The van der Waals surface area contributed by atoms with Gasteiger partial charge in [-0.3, -0.25) is 14.5 Å². The van der Waals surface area contributed by atoms with Gasteiger partial charge in [0.1, 0.15) is 0 Å². The second-order valence-electron chi connectivity index (χ2n) is 7.15. The molecule has 1 aliphatic rings. The van der Waals surface area contributed by atoms with Gasteiger partial charge in [-0.25, -0.2) is 0 Å². The van der Waals surface area contributed by atoms with E-state index in [1.54, 1.807) is 11.9 Å². The Morgan fingerprint density at radius 1 is 1.27 bits per heavy atom. The van der Waals surface area contributed by atoms with Crippen molar-refractivity contribution in [2.75, 3.05) is 32.0 Å². The number of benzene rings is 1. The van der Waals surface area contributed by atoms with E-state index >= 15 is 0 Å². The number of nitrogens with zero attached hydrogens (tertiary/aromatic N) is 2. The first kappa shape index (κ1) is 20.4. The van der Waals surface area contributed by atoms with Crippen molar-refractivity contribution in [2.45, 2.75) is 52.4 Å². The minimum absolute atomic E-state index is 0.0362. The molecule has 2 rings (SSSR count). The van der Waals surface area contributed by atoms with E-state index in [4.69, 9.17) is 4.74 Å². The van der Waals surface area contributed by atoms with Crippen LogP contribution in [0.25, 0.3) is 0 Å². The number of morpholine rings is 1. The number of likely N-dealkylation sites (N-methyl/N-ethyl adjacent to an activating group) is 1. The van der Waals surface area contributed by atoms with Crippen LogP contribution >= 0.6 is 0 Å². The molecule has 0 spiro atoms. The van der Waals surface area contributed by atoms with Gasteiger partial charge < -0.3 is 15.0 Å². The number of para-hydroxylation sites is 1. The fraction of sp³-hybridized carbons (Fsp3) is 0.600. The number of hydrogen-bond donors (Lipinski definition) is 1. The van der Waals surface area contributed by atoms with Crippen LogP contribution in [-0.4, -0.2) is 66.5 Å².